The molecule has 0 heterocycles. The molecule has 3 radical (unpaired) electrons. The zero-order chi connectivity index (χ0) is 5.21. The minimum Gasteiger partial charge on any atom is -0.135 e. The average Bonchev–Trinajstić information content (AvgIpc) is 1.35. The molecule has 0 amide bonds. The average molecular weight is 112 g/mol. The SMILES string of the molecule is C#C[Si](C)(C)C.[N]. The van der Waals surface area contributed by atoms with Crippen molar-refractivity contribution in [3.05, 3.63) is 0 Å². The first-order valence-corrected chi connectivity index (χ1v) is 5.54. The second-order valence-corrected chi connectivity index (χ2v) is 7.18. The number of hydrogen-bond donors (Lipinski definition) is 0. The summed E-state index contributed by atoms with van der Waals surface area (Å²) in [5, 5.41) is 0. The van der Waals surface area contributed by atoms with E-state index in [4.69, 9.17) is 6.42 Å². The smallest absolute Gasteiger partial charge is 0.128 e. The summed E-state index contributed by atoms with van der Waals surface area (Å²) < 4.78 is 0. The largest absolute Gasteiger partial charge is 0.135 e. The Morgan fingerprint density at radius 3 is 1.43 bits per heavy atom. The molecule has 1 nitrogen and oxygen atoms in total. The van der Waals surface area contributed by atoms with E-state index in [-0.39, 0.29) is 6.15 Å². The van der Waals surface area contributed by atoms with Gasteiger partial charge in [-0.25, -0.2) is 0 Å². The van der Waals surface area contributed by atoms with Crippen LogP contribution in [0, 0.1) is 12.0 Å². The molecule has 0 aliphatic heterocycles. The van der Waals surface area contributed by atoms with E-state index in [1.807, 2.05) is 0 Å². The summed E-state index contributed by atoms with van der Waals surface area (Å²) in [6.45, 7) is 6.44. The van der Waals surface area contributed by atoms with Gasteiger partial charge in [-0.05, 0) is 0 Å². The Kier molecular flexibility index (Phi) is 4.00. The first kappa shape index (κ1) is 9.88. The Labute approximate surface area is 46.7 Å². The van der Waals surface area contributed by atoms with Crippen LogP contribution < -0.4 is 6.15 Å². The molecule has 0 rings (SSSR count). The standard InChI is InChI=1S/C5H10Si.N/c1-5-6(2,3)4;/h1H,2-4H3;. The van der Waals surface area contributed by atoms with Gasteiger partial charge in [0.15, 0.2) is 0 Å². The maximum atomic E-state index is 5.12. The van der Waals surface area contributed by atoms with Gasteiger partial charge in [0.05, 0.1) is 0 Å². The van der Waals surface area contributed by atoms with Crippen LogP contribution in [0.5, 0.6) is 0 Å². The normalized spacial score (nSPS) is 8.86. The molecule has 0 bridgehead atoms. The highest BCUT2D eigenvalue weighted by Gasteiger charge is 2.05. The molecule has 0 spiro atoms. The first-order chi connectivity index (χ1) is 2.56. The number of hydrogen-bond acceptors (Lipinski definition) is 0. The van der Waals surface area contributed by atoms with Crippen molar-refractivity contribution < 1.29 is 0 Å². The van der Waals surface area contributed by atoms with E-state index in [1.165, 1.54) is 0 Å². The maximum Gasteiger partial charge on any atom is 0.128 e. The third kappa shape index (κ3) is 10.7. The van der Waals surface area contributed by atoms with E-state index in [0.29, 0.717) is 0 Å². The topological polar surface area (TPSA) is 30.5 Å². The fraction of sp³-hybridized carbons (Fsp3) is 0.600. The predicted molar refractivity (Wildman–Crippen MR) is 34.3 cm³/mol. The maximum absolute atomic E-state index is 5.12. The molecule has 0 aliphatic carbocycles. The van der Waals surface area contributed by atoms with Gasteiger partial charge in [-0.1, -0.05) is 19.6 Å². The predicted octanol–water partition coefficient (Wildman–Crippen LogP) is 1.02. The lowest BCUT2D eigenvalue weighted by Crippen LogP contribution is -2.15. The molecule has 0 aromatic carbocycles. The van der Waals surface area contributed by atoms with E-state index in [9.17, 15) is 0 Å². The van der Waals surface area contributed by atoms with E-state index in [2.05, 4.69) is 25.2 Å². The summed E-state index contributed by atoms with van der Waals surface area (Å²) in [5.74, 6) is 0. The minimum atomic E-state index is -1.10. The molecular weight excluding hydrogens is 102 g/mol. The number of terminal acetylenes is 1. The van der Waals surface area contributed by atoms with Gasteiger partial charge in [-0.15, -0.1) is 12.0 Å². The highest BCUT2D eigenvalue weighted by molar-refractivity contribution is 6.83. The third-order valence-electron chi connectivity index (χ3n) is 0.433. The van der Waals surface area contributed by atoms with Gasteiger partial charge in [0.2, 0.25) is 0 Å². The zero-order valence-corrected chi connectivity index (χ0v) is 6.02. The molecule has 0 aromatic heterocycles. The highest BCUT2D eigenvalue weighted by atomic mass is 28.3. The van der Waals surface area contributed by atoms with Gasteiger partial charge < -0.3 is 0 Å². The molecule has 7 heavy (non-hydrogen) atoms. The Hall–Kier alpha value is -0.263. The van der Waals surface area contributed by atoms with Crippen LogP contribution in [0.4, 0.5) is 0 Å². The first-order valence-electron chi connectivity index (χ1n) is 2.04. The Morgan fingerprint density at radius 2 is 1.43 bits per heavy atom. The number of rotatable bonds is 0. The molecule has 0 N–H and O–H groups in total. The van der Waals surface area contributed by atoms with Crippen LogP contribution in [-0.4, -0.2) is 8.07 Å². The van der Waals surface area contributed by atoms with E-state index < -0.39 is 8.07 Å². The molecule has 0 fully saturated rings. The third-order valence-corrected chi connectivity index (χ3v) is 1.30. The van der Waals surface area contributed by atoms with Crippen molar-refractivity contribution in [2.24, 2.45) is 0 Å². The molecule has 2 heteroatoms. The van der Waals surface area contributed by atoms with Crippen LogP contribution in [-0.2, 0) is 0 Å². The van der Waals surface area contributed by atoms with Crippen LogP contribution in [0.2, 0.25) is 19.6 Å². The van der Waals surface area contributed by atoms with Crippen molar-refractivity contribution in [1.29, 1.82) is 0 Å². The quantitative estimate of drug-likeness (QED) is 0.331. The van der Waals surface area contributed by atoms with E-state index in [1.54, 1.807) is 0 Å². The second kappa shape index (κ2) is 2.84. The molecule has 0 saturated heterocycles. The molecule has 0 aromatic rings. The van der Waals surface area contributed by atoms with Crippen molar-refractivity contribution in [2.75, 3.05) is 0 Å². The fourth-order valence-corrected chi connectivity index (χ4v) is 0. The van der Waals surface area contributed by atoms with Crippen LogP contribution in [0.3, 0.4) is 0 Å². The summed E-state index contributed by atoms with van der Waals surface area (Å²) in [5.41, 5.74) is 2.74. The van der Waals surface area contributed by atoms with Gasteiger partial charge >= 0.3 is 0 Å². The van der Waals surface area contributed by atoms with Gasteiger partial charge in [-0.2, -0.15) is 0 Å². The van der Waals surface area contributed by atoms with Crippen molar-refractivity contribution >= 4 is 8.07 Å². The van der Waals surface area contributed by atoms with Gasteiger partial charge in [-0.3, -0.25) is 0 Å². The van der Waals surface area contributed by atoms with E-state index >= 15 is 0 Å². The van der Waals surface area contributed by atoms with Gasteiger partial charge in [0, 0.05) is 6.15 Å². The molecular formula is C5H10NSi. The van der Waals surface area contributed by atoms with Gasteiger partial charge in [0.25, 0.3) is 0 Å². The summed E-state index contributed by atoms with van der Waals surface area (Å²) in [7, 11) is -1.10. The van der Waals surface area contributed by atoms with Crippen LogP contribution >= 0.6 is 0 Å². The summed E-state index contributed by atoms with van der Waals surface area (Å²) in [6.07, 6.45) is 5.12. The Morgan fingerprint density at radius 1 is 1.29 bits per heavy atom. The van der Waals surface area contributed by atoms with Crippen molar-refractivity contribution in [3.63, 3.8) is 0 Å². The lowest BCUT2D eigenvalue weighted by molar-refractivity contribution is 1.82. The highest BCUT2D eigenvalue weighted by Crippen LogP contribution is 1.94. The summed E-state index contributed by atoms with van der Waals surface area (Å²) in [6, 6.07) is 0. The second-order valence-electron chi connectivity index (χ2n) is 2.39. The lowest BCUT2D eigenvalue weighted by Gasteiger charge is -2.00. The summed E-state index contributed by atoms with van der Waals surface area (Å²) >= 11 is 0. The van der Waals surface area contributed by atoms with Crippen LogP contribution in [0.15, 0.2) is 0 Å². The monoisotopic (exact) mass is 112 g/mol. The van der Waals surface area contributed by atoms with E-state index in [0.717, 1.165) is 0 Å². The fourth-order valence-electron chi connectivity index (χ4n) is 0. The zero-order valence-electron chi connectivity index (χ0n) is 5.02. The van der Waals surface area contributed by atoms with Crippen molar-refractivity contribution in [1.82, 2.24) is 6.15 Å². The van der Waals surface area contributed by atoms with Crippen molar-refractivity contribution in [3.8, 4) is 12.0 Å². The molecule has 0 unspecified atom stereocenters. The number of nitrogens with zero attached hydrogens (tertiary/aromatic N) is 1. The Balaban J connectivity index is 0. The Bertz CT molecular complexity index is 75.1. The molecule has 0 aliphatic rings. The molecule has 0 saturated carbocycles. The molecule has 0 atom stereocenters. The molecule has 39 valence electrons. The minimum absolute atomic E-state index is 0. The lowest BCUT2D eigenvalue weighted by atomic mass is 11.4. The van der Waals surface area contributed by atoms with Crippen LogP contribution in [0.25, 0.3) is 0 Å². The summed E-state index contributed by atoms with van der Waals surface area (Å²) in [4.78, 5) is 0. The van der Waals surface area contributed by atoms with Crippen LogP contribution in [0.1, 0.15) is 0 Å². The van der Waals surface area contributed by atoms with Crippen molar-refractivity contribution in [2.45, 2.75) is 19.6 Å². The van der Waals surface area contributed by atoms with Gasteiger partial charge in [0.1, 0.15) is 8.07 Å².